The average Bonchev–Trinajstić information content (AvgIpc) is 2.95. The molecule has 0 amide bonds. The van der Waals surface area contributed by atoms with Crippen LogP contribution in [-0.4, -0.2) is 24.5 Å². The molecular formula is C17H15ClN2O4S. The largest absolute Gasteiger partial charge is 0.481 e. The molecule has 0 unspecified atom stereocenters. The maximum absolute atomic E-state index is 12.4. The van der Waals surface area contributed by atoms with Crippen LogP contribution in [0.5, 0.6) is 0 Å². The number of benzene rings is 2. The molecule has 0 spiro atoms. The zero-order valence-corrected chi connectivity index (χ0v) is 14.6. The number of fused-ring (bicyclic) bond motifs is 1. The molecule has 1 aromatic heterocycles. The van der Waals surface area contributed by atoms with Crippen molar-refractivity contribution in [1.29, 1.82) is 0 Å². The van der Waals surface area contributed by atoms with Crippen molar-refractivity contribution < 1.29 is 18.3 Å². The third-order valence-electron chi connectivity index (χ3n) is 3.66. The van der Waals surface area contributed by atoms with E-state index < -0.39 is 16.0 Å². The number of hydrogen-bond acceptors (Lipinski definition) is 3. The van der Waals surface area contributed by atoms with Crippen molar-refractivity contribution in [2.45, 2.75) is 17.7 Å². The van der Waals surface area contributed by atoms with E-state index in [1.54, 1.807) is 18.2 Å². The third-order valence-corrected chi connectivity index (χ3v) is 5.31. The van der Waals surface area contributed by atoms with Crippen LogP contribution in [0.25, 0.3) is 10.9 Å². The van der Waals surface area contributed by atoms with Crippen LogP contribution in [-0.2, 0) is 21.2 Å². The minimum Gasteiger partial charge on any atom is -0.481 e. The summed E-state index contributed by atoms with van der Waals surface area (Å²) in [7, 11) is -3.71. The first-order chi connectivity index (χ1) is 11.8. The lowest BCUT2D eigenvalue weighted by Gasteiger charge is -2.08. The number of carbonyl (C=O) groups is 1. The van der Waals surface area contributed by atoms with Crippen molar-refractivity contribution in [3.05, 3.63) is 59.2 Å². The van der Waals surface area contributed by atoms with Crippen molar-refractivity contribution >= 4 is 44.2 Å². The highest BCUT2D eigenvalue weighted by Gasteiger charge is 2.14. The SMILES string of the molecule is O=C(O)CCc1cc2cc(NS(=O)(=O)c3ccc(Cl)cc3)ccc2[nH]1. The first kappa shape index (κ1) is 17.3. The number of hydrogen-bond donors (Lipinski definition) is 3. The standard InChI is InChI=1S/C17H15ClN2O4S/c18-12-1-5-15(6-2-12)25(23,24)20-14-3-7-16-11(10-14)9-13(19-16)4-8-17(21)22/h1-3,5-7,9-10,19-20H,4,8H2,(H,21,22). The number of H-pyrrole nitrogens is 1. The quantitative estimate of drug-likeness (QED) is 0.609. The first-order valence-electron chi connectivity index (χ1n) is 7.45. The number of sulfonamides is 1. The fraction of sp³-hybridized carbons (Fsp3) is 0.118. The molecule has 0 fully saturated rings. The van der Waals surface area contributed by atoms with Gasteiger partial charge < -0.3 is 10.1 Å². The van der Waals surface area contributed by atoms with E-state index in [9.17, 15) is 13.2 Å². The molecule has 0 aliphatic carbocycles. The van der Waals surface area contributed by atoms with E-state index in [4.69, 9.17) is 16.7 Å². The Bertz CT molecular complexity index is 1030. The van der Waals surface area contributed by atoms with Crippen LogP contribution in [0.2, 0.25) is 5.02 Å². The van der Waals surface area contributed by atoms with Crippen LogP contribution in [0.1, 0.15) is 12.1 Å². The van der Waals surface area contributed by atoms with Gasteiger partial charge in [-0.3, -0.25) is 9.52 Å². The van der Waals surface area contributed by atoms with Gasteiger partial charge in [-0.05, 0) is 55.0 Å². The fourth-order valence-corrected chi connectivity index (χ4v) is 3.64. The van der Waals surface area contributed by atoms with Crippen molar-refractivity contribution in [3.8, 4) is 0 Å². The number of aromatic amines is 1. The van der Waals surface area contributed by atoms with E-state index in [1.807, 2.05) is 6.07 Å². The monoisotopic (exact) mass is 378 g/mol. The number of carboxylic acid groups (broad SMARTS) is 1. The van der Waals surface area contributed by atoms with Crippen LogP contribution in [0.15, 0.2) is 53.4 Å². The molecule has 25 heavy (non-hydrogen) atoms. The van der Waals surface area contributed by atoms with Gasteiger partial charge in [0, 0.05) is 27.3 Å². The molecule has 3 N–H and O–H groups in total. The molecule has 3 aromatic rings. The maximum Gasteiger partial charge on any atom is 0.303 e. The second-order valence-corrected chi connectivity index (χ2v) is 7.67. The molecule has 2 aromatic carbocycles. The van der Waals surface area contributed by atoms with Gasteiger partial charge >= 0.3 is 5.97 Å². The Balaban J connectivity index is 1.83. The Morgan fingerprint density at radius 2 is 1.84 bits per heavy atom. The van der Waals surface area contributed by atoms with Gasteiger partial charge in [0.2, 0.25) is 0 Å². The minimum atomic E-state index is -3.71. The highest BCUT2D eigenvalue weighted by molar-refractivity contribution is 7.92. The lowest BCUT2D eigenvalue weighted by Crippen LogP contribution is -2.12. The third kappa shape index (κ3) is 4.12. The Hall–Kier alpha value is -2.51. The first-order valence-corrected chi connectivity index (χ1v) is 9.31. The zero-order chi connectivity index (χ0) is 18.0. The molecule has 130 valence electrons. The van der Waals surface area contributed by atoms with E-state index in [-0.39, 0.29) is 11.3 Å². The molecule has 6 nitrogen and oxygen atoms in total. The molecule has 0 atom stereocenters. The normalized spacial score (nSPS) is 11.6. The Morgan fingerprint density at radius 3 is 2.52 bits per heavy atom. The second-order valence-electron chi connectivity index (χ2n) is 5.55. The summed E-state index contributed by atoms with van der Waals surface area (Å²) in [5.41, 5.74) is 2.02. The molecule has 8 heteroatoms. The number of nitrogens with one attached hydrogen (secondary N) is 2. The van der Waals surface area contributed by atoms with Gasteiger partial charge in [-0.15, -0.1) is 0 Å². The predicted molar refractivity (Wildman–Crippen MR) is 96.5 cm³/mol. The fourth-order valence-electron chi connectivity index (χ4n) is 2.46. The lowest BCUT2D eigenvalue weighted by atomic mass is 10.2. The van der Waals surface area contributed by atoms with E-state index in [0.717, 1.165) is 16.6 Å². The number of aryl methyl sites for hydroxylation is 1. The molecule has 1 heterocycles. The number of carboxylic acids is 1. The summed E-state index contributed by atoms with van der Waals surface area (Å²) in [6.07, 6.45) is 0.415. The summed E-state index contributed by atoms with van der Waals surface area (Å²) in [5, 5.41) is 10.0. The highest BCUT2D eigenvalue weighted by Crippen LogP contribution is 2.23. The average molecular weight is 379 g/mol. The molecule has 0 bridgehead atoms. The van der Waals surface area contributed by atoms with E-state index in [2.05, 4.69) is 9.71 Å². The number of halogens is 1. The van der Waals surface area contributed by atoms with Crippen molar-refractivity contribution in [2.75, 3.05) is 4.72 Å². The topological polar surface area (TPSA) is 99.3 Å². The van der Waals surface area contributed by atoms with Crippen LogP contribution < -0.4 is 4.72 Å². The summed E-state index contributed by atoms with van der Waals surface area (Å²) in [4.78, 5) is 13.9. The second kappa shape index (κ2) is 6.78. The van der Waals surface area contributed by atoms with Crippen LogP contribution in [0.4, 0.5) is 5.69 Å². The Kier molecular flexibility index (Phi) is 4.69. The van der Waals surface area contributed by atoms with Crippen molar-refractivity contribution in [3.63, 3.8) is 0 Å². The molecule has 0 radical (unpaired) electrons. The van der Waals surface area contributed by atoms with Crippen molar-refractivity contribution in [2.24, 2.45) is 0 Å². The van der Waals surface area contributed by atoms with Gasteiger partial charge in [-0.25, -0.2) is 8.42 Å². The number of aromatic nitrogens is 1. The van der Waals surface area contributed by atoms with Gasteiger partial charge in [0.25, 0.3) is 10.0 Å². The van der Waals surface area contributed by atoms with E-state index >= 15 is 0 Å². The van der Waals surface area contributed by atoms with Gasteiger partial charge in [-0.2, -0.15) is 0 Å². The zero-order valence-electron chi connectivity index (χ0n) is 13.0. The van der Waals surface area contributed by atoms with Crippen molar-refractivity contribution in [1.82, 2.24) is 4.98 Å². The van der Waals surface area contributed by atoms with Crippen LogP contribution in [0, 0.1) is 0 Å². The molecular weight excluding hydrogens is 364 g/mol. The minimum absolute atomic E-state index is 0.0306. The van der Waals surface area contributed by atoms with E-state index in [0.29, 0.717) is 17.1 Å². The summed E-state index contributed by atoms with van der Waals surface area (Å²) in [6.45, 7) is 0. The summed E-state index contributed by atoms with van der Waals surface area (Å²) in [6, 6.07) is 12.8. The highest BCUT2D eigenvalue weighted by atomic mass is 35.5. The van der Waals surface area contributed by atoms with Gasteiger partial charge in [0.1, 0.15) is 0 Å². The number of rotatable bonds is 6. The van der Waals surface area contributed by atoms with Gasteiger partial charge in [-0.1, -0.05) is 11.6 Å². The Labute approximate surface area is 149 Å². The molecule has 3 rings (SSSR count). The molecule has 0 aliphatic heterocycles. The molecule has 0 saturated heterocycles. The number of aliphatic carboxylic acids is 1. The smallest absolute Gasteiger partial charge is 0.303 e. The van der Waals surface area contributed by atoms with Gasteiger partial charge in [0.15, 0.2) is 0 Å². The predicted octanol–water partition coefficient (Wildman–Crippen LogP) is 3.64. The number of anilines is 1. The maximum atomic E-state index is 12.4. The van der Waals surface area contributed by atoms with Gasteiger partial charge in [0.05, 0.1) is 11.3 Å². The summed E-state index contributed by atoms with van der Waals surface area (Å²) in [5.74, 6) is -0.866. The van der Waals surface area contributed by atoms with E-state index in [1.165, 1.54) is 24.3 Å². The molecule has 0 saturated carbocycles. The Morgan fingerprint density at radius 1 is 1.12 bits per heavy atom. The summed E-state index contributed by atoms with van der Waals surface area (Å²) < 4.78 is 27.3. The lowest BCUT2D eigenvalue weighted by molar-refractivity contribution is -0.136. The molecule has 0 aliphatic rings. The van der Waals surface area contributed by atoms with Crippen LogP contribution in [0.3, 0.4) is 0 Å². The van der Waals surface area contributed by atoms with Crippen LogP contribution >= 0.6 is 11.6 Å². The summed E-state index contributed by atoms with van der Waals surface area (Å²) >= 11 is 5.78.